The second kappa shape index (κ2) is 8.93. The SMILES string of the molecule is CCOCCOc1c(Cl)cccc1NC(=O)Cc1cn(C)c2ccccc12. The van der Waals surface area contributed by atoms with Gasteiger partial charge in [0, 0.05) is 30.8 Å². The third kappa shape index (κ3) is 4.62. The van der Waals surface area contributed by atoms with Crippen LogP contribution in [0.1, 0.15) is 12.5 Å². The number of para-hydroxylation sites is 2. The number of anilines is 1. The van der Waals surface area contributed by atoms with Crippen molar-refractivity contribution in [2.45, 2.75) is 13.3 Å². The van der Waals surface area contributed by atoms with Crippen molar-refractivity contribution in [2.75, 3.05) is 25.1 Å². The zero-order valence-electron chi connectivity index (χ0n) is 15.5. The number of halogens is 1. The molecular formula is C21H23ClN2O3. The van der Waals surface area contributed by atoms with Crippen molar-refractivity contribution in [3.8, 4) is 5.75 Å². The zero-order valence-corrected chi connectivity index (χ0v) is 16.3. The van der Waals surface area contributed by atoms with Crippen molar-refractivity contribution < 1.29 is 14.3 Å². The Morgan fingerprint density at radius 2 is 1.96 bits per heavy atom. The number of nitrogens with zero attached hydrogens (tertiary/aromatic N) is 1. The van der Waals surface area contributed by atoms with Crippen molar-refractivity contribution in [3.63, 3.8) is 0 Å². The highest BCUT2D eigenvalue weighted by molar-refractivity contribution is 6.32. The van der Waals surface area contributed by atoms with Gasteiger partial charge in [0.05, 0.1) is 23.7 Å². The molecule has 2 aromatic carbocycles. The van der Waals surface area contributed by atoms with Crippen molar-refractivity contribution >= 4 is 34.1 Å². The van der Waals surface area contributed by atoms with Gasteiger partial charge < -0.3 is 19.4 Å². The molecule has 0 aliphatic carbocycles. The van der Waals surface area contributed by atoms with E-state index in [9.17, 15) is 4.79 Å². The lowest BCUT2D eigenvalue weighted by Crippen LogP contribution is -2.16. The summed E-state index contributed by atoms with van der Waals surface area (Å²) in [6.07, 6.45) is 2.26. The topological polar surface area (TPSA) is 52.5 Å². The van der Waals surface area contributed by atoms with Gasteiger partial charge >= 0.3 is 0 Å². The first-order chi connectivity index (χ1) is 13.1. The first kappa shape index (κ1) is 19.3. The van der Waals surface area contributed by atoms with Gasteiger partial charge in [0.1, 0.15) is 6.61 Å². The standard InChI is InChI=1S/C21H23ClN2O3/c1-3-26-11-12-27-21-17(22)8-6-9-18(21)23-20(25)13-15-14-24(2)19-10-5-4-7-16(15)19/h4-10,14H,3,11-13H2,1-2H3,(H,23,25). The fourth-order valence-corrected chi connectivity index (χ4v) is 3.26. The molecule has 0 saturated heterocycles. The Labute approximate surface area is 163 Å². The van der Waals surface area contributed by atoms with Crippen LogP contribution in [0.2, 0.25) is 5.02 Å². The van der Waals surface area contributed by atoms with Crippen LogP contribution in [0.15, 0.2) is 48.7 Å². The van der Waals surface area contributed by atoms with E-state index >= 15 is 0 Å². The van der Waals surface area contributed by atoms with E-state index in [1.807, 2.05) is 49.0 Å². The predicted molar refractivity (Wildman–Crippen MR) is 109 cm³/mol. The summed E-state index contributed by atoms with van der Waals surface area (Å²) in [5.41, 5.74) is 2.64. The third-order valence-corrected chi connectivity index (χ3v) is 4.55. The summed E-state index contributed by atoms with van der Waals surface area (Å²) in [7, 11) is 1.98. The largest absolute Gasteiger partial charge is 0.487 e. The normalized spacial score (nSPS) is 10.9. The minimum atomic E-state index is -0.122. The number of rotatable bonds is 8. The second-order valence-corrected chi connectivity index (χ2v) is 6.58. The fourth-order valence-electron chi connectivity index (χ4n) is 3.03. The maximum absolute atomic E-state index is 12.6. The van der Waals surface area contributed by atoms with Crippen LogP contribution < -0.4 is 10.1 Å². The predicted octanol–water partition coefficient (Wildman–Crippen LogP) is 4.43. The highest BCUT2D eigenvalue weighted by atomic mass is 35.5. The zero-order chi connectivity index (χ0) is 19.2. The van der Waals surface area contributed by atoms with Crippen LogP contribution in [0.25, 0.3) is 10.9 Å². The Bertz CT molecular complexity index is 936. The van der Waals surface area contributed by atoms with Crippen molar-refractivity contribution in [3.05, 3.63) is 59.2 Å². The smallest absolute Gasteiger partial charge is 0.228 e. The number of fused-ring (bicyclic) bond motifs is 1. The van der Waals surface area contributed by atoms with E-state index in [1.54, 1.807) is 18.2 Å². The molecule has 1 N–H and O–H groups in total. The van der Waals surface area contributed by atoms with Crippen LogP contribution in [-0.2, 0) is 23.0 Å². The van der Waals surface area contributed by atoms with Gasteiger partial charge in [0.25, 0.3) is 0 Å². The average molecular weight is 387 g/mol. The molecule has 0 radical (unpaired) electrons. The molecule has 3 rings (SSSR count). The van der Waals surface area contributed by atoms with Crippen LogP contribution in [0.4, 0.5) is 5.69 Å². The lowest BCUT2D eigenvalue weighted by molar-refractivity contribution is -0.115. The van der Waals surface area contributed by atoms with E-state index in [-0.39, 0.29) is 12.3 Å². The number of aryl methyl sites for hydroxylation is 1. The van der Waals surface area contributed by atoms with E-state index in [0.717, 1.165) is 16.5 Å². The summed E-state index contributed by atoms with van der Waals surface area (Å²) in [5, 5.41) is 4.45. The summed E-state index contributed by atoms with van der Waals surface area (Å²) < 4.78 is 13.0. The van der Waals surface area contributed by atoms with Crippen LogP contribution >= 0.6 is 11.6 Å². The lowest BCUT2D eigenvalue weighted by atomic mass is 10.1. The van der Waals surface area contributed by atoms with Crippen LogP contribution in [0.3, 0.4) is 0 Å². The maximum Gasteiger partial charge on any atom is 0.228 e. The number of hydrogen-bond acceptors (Lipinski definition) is 3. The van der Waals surface area contributed by atoms with E-state index in [1.165, 1.54) is 0 Å². The first-order valence-corrected chi connectivity index (χ1v) is 9.29. The molecule has 5 nitrogen and oxygen atoms in total. The molecule has 1 aromatic heterocycles. The molecule has 0 atom stereocenters. The number of benzene rings is 2. The molecule has 27 heavy (non-hydrogen) atoms. The monoisotopic (exact) mass is 386 g/mol. The Hall–Kier alpha value is -2.50. The van der Waals surface area contributed by atoms with Crippen LogP contribution in [-0.4, -0.2) is 30.3 Å². The number of hydrogen-bond donors (Lipinski definition) is 1. The Morgan fingerprint density at radius 3 is 2.78 bits per heavy atom. The molecular weight excluding hydrogens is 364 g/mol. The molecule has 1 heterocycles. The molecule has 6 heteroatoms. The average Bonchev–Trinajstić information content (AvgIpc) is 2.96. The maximum atomic E-state index is 12.6. The highest BCUT2D eigenvalue weighted by Crippen LogP contribution is 2.33. The first-order valence-electron chi connectivity index (χ1n) is 8.92. The quantitative estimate of drug-likeness (QED) is 0.583. The molecule has 3 aromatic rings. The number of nitrogens with one attached hydrogen (secondary N) is 1. The van der Waals surface area contributed by atoms with Gasteiger partial charge in [-0.1, -0.05) is 35.9 Å². The second-order valence-electron chi connectivity index (χ2n) is 6.17. The number of ether oxygens (including phenoxy) is 2. The van der Waals surface area contributed by atoms with E-state index in [0.29, 0.717) is 36.3 Å². The van der Waals surface area contributed by atoms with Gasteiger partial charge in [-0.3, -0.25) is 4.79 Å². The summed E-state index contributed by atoms with van der Waals surface area (Å²) in [5.74, 6) is 0.341. The van der Waals surface area contributed by atoms with Gasteiger partial charge in [0.15, 0.2) is 5.75 Å². The molecule has 0 fully saturated rings. The Balaban J connectivity index is 1.73. The number of carbonyl (C=O) groups is 1. The van der Waals surface area contributed by atoms with Gasteiger partial charge in [0.2, 0.25) is 5.91 Å². The molecule has 0 spiro atoms. The highest BCUT2D eigenvalue weighted by Gasteiger charge is 2.14. The summed E-state index contributed by atoms with van der Waals surface area (Å²) in [6.45, 7) is 3.38. The summed E-state index contributed by atoms with van der Waals surface area (Å²) in [4.78, 5) is 12.6. The van der Waals surface area contributed by atoms with Crippen molar-refractivity contribution in [2.24, 2.45) is 7.05 Å². The summed E-state index contributed by atoms with van der Waals surface area (Å²) >= 11 is 6.25. The van der Waals surface area contributed by atoms with E-state index in [4.69, 9.17) is 21.1 Å². The molecule has 142 valence electrons. The molecule has 0 saturated carbocycles. The molecule has 0 aliphatic rings. The van der Waals surface area contributed by atoms with E-state index in [2.05, 4.69) is 5.32 Å². The molecule has 0 unspecified atom stereocenters. The number of aromatic nitrogens is 1. The number of carbonyl (C=O) groups excluding carboxylic acids is 1. The van der Waals surface area contributed by atoms with Crippen LogP contribution in [0.5, 0.6) is 5.75 Å². The lowest BCUT2D eigenvalue weighted by Gasteiger charge is -2.14. The van der Waals surface area contributed by atoms with Gasteiger partial charge in [-0.15, -0.1) is 0 Å². The van der Waals surface area contributed by atoms with Crippen molar-refractivity contribution in [1.82, 2.24) is 4.57 Å². The third-order valence-electron chi connectivity index (χ3n) is 4.25. The molecule has 1 amide bonds. The Kier molecular flexibility index (Phi) is 6.37. The van der Waals surface area contributed by atoms with Gasteiger partial charge in [-0.25, -0.2) is 0 Å². The van der Waals surface area contributed by atoms with Crippen molar-refractivity contribution in [1.29, 1.82) is 0 Å². The summed E-state index contributed by atoms with van der Waals surface area (Å²) in [6, 6.07) is 13.3. The fraction of sp³-hybridized carbons (Fsp3) is 0.286. The van der Waals surface area contributed by atoms with E-state index < -0.39 is 0 Å². The molecule has 0 bridgehead atoms. The Morgan fingerprint density at radius 1 is 1.15 bits per heavy atom. The van der Waals surface area contributed by atoms with Gasteiger partial charge in [-0.05, 0) is 30.7 Å². The van der Waals surface area contributed by atoms with Gasteiger partial charge in [-0.2, -0.15) is 0 Å². The number of amides is 1. The molecule has 0 aliphatic heterocycles. The minimum Gasteiger partial charge on any atom is -0.487 e. The minimum absolute atomic E-state index is 0.122. The van der Waals surface area contributed by atoms with Crippen LogP contribution in [0, 0.1) is 0 Å².